The van der Waals surface area contributed by atoms with Gasteiger partial charge in [0.15, 0.2) is 11.5 Å². The fraction of sp³-hybridized carbons (Fsp3) is 0.300. The van der Waals surface area contributed by atoms with Crippen molar-refractivity contribution in [1.29, 1.82) is 0 Å². The Morgan fingerprint density at radius 1 is 1.04 bits per heavy atom. The first kappa shape index (κ1) is 18.5. The molecule has 0 N–H and O–H groups in total. The van der Waals surface area contributed by atoms with Crippen LogP contribution in [0.1, 0.15) is 16.7 Å². The number of aliphatic imine (C=N–C) groups is 1. The molecule has 2 aromatic carbocycles. The van der Waals surface area contributed by atoms with Crippen LogP contribution in [-0.4, -0.2) is 44.7 Å². The summed E-state index contributed by atoms with van der Waals surface area (Å²) in [5, 5.41) is 4.21. The standard InChI is InChI=1S/C20H25N3O2/c1-15-10-6-9-13-18(15)25-14-16-11-7-8-12-17(16)19(22-24-5)20(21-2)23(3)4/h6-13H,14H2,1-5H3/b21-20?,22-19-. The summed E-state index contributed by atoms with van der Waals surface area (Å²) >= 11 is 0. The third-order valence-corrected chi connectivity index (χ3v) is 3.78. The molecule has 0 heterocycles. The molecule has 0 amide bonds. The Balaban J connectivity index is 2.36. The van der Waals surface area contributed by atoms with Crippen LogP contribution in [0.2, 0.25) is 0 Å². The van der Waals surface area contributed by atoms with Gasteiger partial charge in [0.1, 0.15) is 19.5 Å². The van der Waals surface area contributed by atoms with Crippen LogP contribution in [0.5, 0.6) is 5.75 Å². The van der Waals surface area contributed by atoms with E-state index in [9.17, 15) is 0 Å². The highest BCUT2D eigenvalue weighted by Gasteiger charge is 2.18. The summed E-state index contributed by atoms with van der Waals surface area (Å²) in [6.07, 6.45) is 0. The largest absolute Gasteiger partial charge is 0.489 e. The van der Waals surface area contributed by atoms with Crippen LogP contribution in [0, 0.1) is 6.92 Å². The van der Waals surface area contributed by atoms with Crippen LogP contribution in [0.25, 0.3) is 0 Å². The van der Waals surface area contributed by atoms with E-state index in [1.807, 2.05) is 74.4 Å². The van der Waals surface area contributed by atoms with Crippen molar-refractivity contribution in [3.8, 4) is 5.75 Å². The van der Waals surface area contributed by atoms with Gasteiger partial charge in [0.05, 0.1) is 0 Å². The quantitative estimate of drug-likeness (QED) is 0.460. The van der Waals surface area contributed by atoms with Gasteiger partial charge in [-0.15, -0.1) is 0 Å². The number of aryl methyl sites for hydroxylation is 1. The molecule has 0 aliphatic rings. The Morgan fingerprint density at radius 2 is 1.72 bits per heavy atom. The topological polar surface area (TPSA) is 46.4 Å². The molecule has 5 nitrogen and oxygen atoms in total. The number of rotatable bonds is 6. The predicted octanol–water partition coefficient (Wildman–Crippen LogP) is 3.51. The molecule has 0 radical (unpaired) electrons. The van der Waals surface area contributed by atoms with Crippen molar-refractivity contribution >= 4 is 11.5 Å². The van der Waals surface area contributed by atoms with Gasteiger partial charge in [-0.05, 0) is 24.1 Å². The molecule has 0 bridgehead atoms. The molecule has 0 aliphatic carbocycles. The second kappa shape index (κ2) is 8.87. The van der Waals surface area contributed by atoms with Crippen molar-refractivity contribution in [1.82, 2.24) is 4.90 Å². The minimum Gasteiger partial charge on any atom is -0.489 e. The van der Waals surface area contributed by atoms with Gasteiger partial charge in [-0.3, -0.25) is 4.99 Å². The first-order chi connectivity index (χ1) is 12.1. The third kappa shape index (κ3) is 4.59. The molecular formula is C20H25N3O2. The number of oxime groups is 1. The van der Waals surface area contributed by atoms with Gasteiger partial charge in [0.2, 0.25) is 0 Å². The van der Waals surface area contributed by atoms with Gasteiger partial charge in [0.25, 0.3) is 0 Å². The summed E-state index contributed by atoms with van der Waals surface area (Å²) in [6.45, 7) is 2.47. The van der Waals surface area contributed by atoms with E-state index in [0.29, 0.717) is 12.3 Å². The number of hydrogen-bond donors (Lipinski definition) is 0. The van der Waals surface area contributed by atoms with E-state index in [-0.39, 0.29) is 0 Å². The molecule has 25 heavy (non-hydrogen) atoms. The summed E-state index contributed by atoms with van der Waals surface area (Å²) in [5.74, 6) is 1.62. The number of likely N-dealkylation sites (N-methyl/N-ethyl adjacent to an activating group) is 1. The Hall–Kier alpha value is -2.82. The molecule has 0 spiro atoms. The Morgan fingerprint density at radius 3 is 2.36 bits per heavy atom. The molecule has 132 valence electrons. The smallest absolute Gasteiger partial charge is 0.153 e. The van der Waals surface area contributed by atoms with Crippen LogP contribution in [0.3, 0.4) is 0 Å². The molecule has 2 aromatic rings. The van der Waals surface area contributed by atoms with Crippen molar-refractivity contribution in [2.24, 2.45) is 10.1 Å². The number of hydrogen-bond acceptors (Lipinski definition) is 4. The number of amidine groups is 1. The number of para-hydroxylation sites is 1. The lowest BCUT2D eigenvalue weighted by Gasteiger charge is -2.19. The molecule has 0 aliphatic heterocycles. The van der Waals surface area contributed by atoms with E-state index in [1.54, 1.807) is 7.05 Å². The van der Waals surface area contributed by atoms with Crippen molar-refractivity contribution in [2.75, 3.05) is 28.3 Å². The highest BCUT2D eigenvalue weighted by atomic mass is 16.6. The zero-order valence-corrected chi connectivity index (χ0v) is 15.5. The summed E-state index contributed by atoms with van der Waals surface area (Å²) in [5.41, 5.74) is 3.74. The van der Waals surface area contributed by atoms with Gasteiger partial charge in [-0.2, -0.15) is 0 Å². The first-order valence-electron chi connectivity index (χ1n) is 8.10. The molecule has 0 saturated carbocycles. The van der Waals surface area contributed by atoms with Gasteiger partial charge >= 0.3 is 0 Å². The lowest BCUT2D eigenvalue weighted by atomic mass is 10.0. The minimum absolute atomic E-state index is 0.439. The molecule has 0 unspecified atom stereocenters. The van der Waals surface area contributed by atoms with Crippen molar-refractivity contribution in [2.45, 2.75) is 13.5 Å². The van der Waals surface area contributed by atoms with E-state index in [0.717, 1.165) is 28.3 Å². The van der Waals surface area contributed by atoms with Crippen molar-refractivity contribution in [3.63, 3.8) is 0 Å². The van der Waals surface area contributed by atoms with Gasteiger partial charge in [-0.25, -0.2) is 0 Å². The van der Waals surface area contributed by atoms with E-state index in [4.69, 9.17) is 9.57 Å². The zero-order valence-electron chi connectivity index (χ0n) is 15.5. The molecule has 0 atom stereocenters. The molecule has 0 fully saturated rings. The van der Waals surface area contributed by atoms with Gasteiger partial charge < -0.3 is 14.5 Å². The van der Waals surface area contributed by atoms with Crippen LogP contribution in [0.15, 0.2) is 58.7 Å². The van der Waals surface area contributed by atoms with Crippen LogP contribution < -0.4 is 4.74 Å². The van der Waals surface area contributed by atoms with Crippen molar-refractivity contribution in [3.05, 3.63) is 65.2 Å². The predicted molar refractivity (Wildman–Crippen MR) is 103 cm³/mol. The average Bonchev–Trinajstić information content (AvgIpc) is 2.61. The van der Waals surface area contributed by atoms with E-state index in [2.05, 4.69) is 10.1 Å². The van der Waals surface area contributed by atoms with E-state index < -0.39 is 0 Å². The number of benzene rings is 2. The van der Waals surface area contributed by atoms with E-state index >= 15 is 0 Å². The molecule has 2 rings (SSSR count). The first-order valence-corrected chi connectivity index (χ1v) is 8.10. The Labute approximate surface area is 149 Å². The second-order valence-corrected chi connectivity index (χ2v) is 5.78. The molecule has 5 heteroatoms. The van der Waals surface area contributed by atoms with E-state index in [1.165, 1.54) is 7.11 Å². The summed E-state index contributed by atoms with van der Waals surface area (Å²) in [6, 6.07) is 16.0. The summed E-state index contributed by atoms with van der Waals surface area (Å²) in [7, 11) is 7.14. The lowest BCUT2D eigenvalue weighted by molar-refractivity contribution is 0.214. The number of nitrogens with zero attached hydrogens (tertiary/aromatic N) is 3. The Bertz CT molecular complexity index is 767. The zero-order chi connectivity index (χ0) is 18.2. The summed E-state index contributed by atoms with van der Waals surface area (Å²) < 4.78 is 6.02. The fourth-order valence-electron chi connectivity index (χ4n) is 2.57. The van der Waals surface area contributed by atoms with Crippen LogP contribution in [0.4, 0.5) is 0 Å². The van der Waals surface area contributed by atoms with Crippen LogP contribution >= 0.6 is 0 Å². The highest BCUT2D eigenvalue weighted by molar-refractivity contribution is 6.47. The number of ether oxygens (including phenoxy) is 1. The maximum atomic E-state index is 6.02. The van der Waals surface area contributed by atoms with Gasteiger partial charge in [-0.1, -0.05) is 47.6 Å². The monoisotopic (exact) mass is 339 g/mol. The average molecular weight is 339 g/mol. The normalized spacial score (nSPS) is 12.0. The highest BCUT2D eigenvalue weighted by Crippen LogP contribution is 2.20. The lowest BCUT2D eigenvalue weighted by Crippen LogP contribution is -2.32. The van der Waals surface area contributed by atoms with Crippen molar-refractivity contribution < 1.29 is 9.57 Å². The second-order valence-electron chi connectivity index (χ2n) is 5.78. The maximum absolute atomic E-state index is 6.02. The van der Waals surface area contributed by atoms with Crippen LogP contribution in [-0.2, 0) is 11.4 Å². The molecule has 0 aromatic heterocycles. The fourth-order valence-corrected chi connectivity index (χ4v) is 2.57. The third-order valence-electron chi connectivity index (χ3n) is 3.78. The van der Waals surface area contributed by atoms with Gasteiger partial charge in [0, 0.05) is 26.7 Å². The SMILES string of the molecule is CN=C(/C(=N\OC)c1ccccc1COc1ccccc1C)N(C)C. The summed E-state index contributed by atoms with van der Waals surface area (Å²) in [4.78, 5) is 11.3. The molecule has 0 saturated heterocycles. The molecular weight excluding hydrogens is 314 g/mol. The maximum Gasteiger partial charge on any atom is 0.153 e. The Kier molecular flexibility index (Phi) is 6.57. The minimum atomic E-state index is 0.439.